The van der Waals surface area contributed by atoms with Crippen molar-refractivity contribution in [2.24, 2.45) is 0 Å². The number of hydrogen-bond donors (Lipinski definition) is 2. The van der Waals surface area contributed by atoms with Gasteiger partial charge in [-0.05, 0) is 6.42 Å². The Morgan fingerprint density at radius 3 is 2.75 bits per heavy atom. The van der Waals surface area contributed by atoms with Gasteiger partial charge in [-0.2, -0.15) is 9.97 Å². The third-order valence-corrected chi connectivity index (χ3v) is 2.47. The number of anilines is 3. The zero-order chi connectivity index (χ0) is 12.0. The first-order chi connectivity index (χ1) is 7.67. The Balaban J connectivity index is 2.66. The second kappa shape index (κ2) is 6.15. The van der Waals surface area contributed by atoms with Gasteiger partial charge < -0.3 is 16.0 Å². The highest BCUT2D eigenvalue weighted by Gasteiger charge is 2.05. The van der Waals surface area contributed by atoms with Crippen LogP contribution in [-0.2, 0) is 0 Å². The topological polar surface area (TPSA) is 67.1 Å². The number of aromatic nitrogens is 2. The lowest BCUT2D eigenvalue weighted by Crippen LogP contribution is -2.20. The van der Waals surface area contributed by atoms with Crippen LogP contribution < -0.4 is 16.0 Å². The average molecular weight is 223 g/mol. The standard InChI is InChI=1S/C11H21N5/c1-4-5-6-7-16(3)10-8-9(13-2)14-11(12)15-10/h8H,4-7H2,1-3H3,(H3,12,13,14,15). The van der Waals surface area contributed by atoms with Gasteiger partial charge in [-0.1, -0.05) is 19.8 Å². The molecule has 90 valence electrons. The summed E-state index contributed by atoms with van der Waals surface area (Å²) in [5.74, 6) is 1.93. The predicted octanol–water partition coefficient (Wildman–Crippen LogP) is 1.73. The van der Waals surface area contributed by atoms with Crippen molar-refractivity contribution < 1.29 is 0 Å². The van der Waals surface area contributed by atoms with Gasteiger partial charge in [0.1, 0.15) is 11.6 Å². The average Bonchev–Trinajstić information content (AvgIpc) is 2.28. The summed E-state index contributed by atoms with van der Waals surface area (Å²) in [5.41, 5.74) is 5.64. The van der Waals surface area contributed by atoms with Crippen LogP contribution in [0.15, 0.2) is 6.07 Å². The van der Waals surface area contributed by atoms with Gasteiger partial charge in [-0.3, -0.25) is 0 Å². The van der Waals surface area contributed by atoms with E-state index in [0.29, 0.717) is 5.95 Å². The number of hydrogen-bond acceptors (Lipinski definition) is 5. The van der Waals surface area contributed by atoms with Crippen molar-refractivity contribution in [3.8, 4) is 0 Å². The third kappa shape index (κ3) is 3.56. The Hall–Kier alpha value is -1.52. The molecule has 0 aliphatic rings. The molecule has 16 heavy (non-hydrogen) atoms. The van der Waals surface area contributed by atoms with E-state index in [1.165, 1.54) is 19.3 Å². The zero-order valence-electron chi connectivity index (χ0n) is 10.3. The molecule has 0 atom stereocenters. The predicted molar refractivity (Wildman–Crippen MR) is 68.8 cm³/mol. The molecule has 0 radical (unpaired) electrons. The SMILES string of the molecule is CCCCCN(C)c1cc(NC)nc(N)n1. The van der Waals surface area contributed by atoms with E-state index in [2.05, 4.69) is 27.1 Å². The van der Waals surface area contributed by atoms with E-state index in [4.69, 9.17) is 5.73 Å². The second-order valence-corrected chi connectivity index (χ2v) is 3.85. The van der Waals surface area contributed by atoms with Crippen molar-refractivity contribution >= 4 is 17.6 Å². The number of nitrogen functional groups attached to an aromatic ring is 1. The van der Waals surface area contributed by atoms with Crippen LogP contribution in [0, 0.1) is 0 Å². The van der Waals surface area contributed by atoms with E-state index in [1.54, 1.807) is 0 Å². The monoisotopic (exact) mass is 223 g/mol. The smallest absolute Gasteiger partial charge is 0.223 e. The Kier molecular flexibility index (Phi) is 4.82. The van der Waals surface area contributed by atoms with E-state index < -0.39 is 0 Å². The molecule has 3 N–H and O–H groups in total. The summed E-state index contributed by atoms with van der Waals surface area (Å²) in [4.78, 5) is 10.4. The molecule has 5 heteroatoms. The van der Waals surface area contributed by atoms with Crippen molar-refractivity contribution in [1.29, 1.82) is 0 Å². The molecule has 0 bridgehead atoms. The van der Waals surface area contributed by atoms with Crippen LogP contribution in [0.1, 0.15) is 26.2 Å². The quantitative estimate of drug-likeness (QED) is 0.719. The second-order valence-electron chi connectivity index (χ2n) is 3.85. The molecule has 0 aliphatic heterocycles. The minimum atomic E-state index is 0.309. The van der Waals surface area contributed by atoms with Crippen LogP contribution in [0.25, 0.3) is 0 Å². The molecule has 0 saturated carbocycles. The molecular weight excluding hydrogens is 202 g/mol. The number of unbranched alkanes of at least 4 members (excludes halogenated alkanes) is 2. The zero-order valence-corrected chi connectivity index (χ0v) is 10.3. The molecular formula is C11H21N5. The van der Waals surface area contributed by atoms with E-state index in [0.717, 1.165) is 18.2 Å². The van der Waals surface area contributed by atoms with Gasteiger partial charge in [0.25, 0.3) is 0 Å². The minimum absolute atomic E-state index is 0.309. The third-order valence-electron chi connectivity index (χ3n) is 2.47. The van der Waals surface area contributed by atoms with Gasteiger partial charge in [-0.25, -0.2) is 0 Å². The Morgan fingerprint density at radius 2 is 2.12 bits per heavy atom. The molecule has 1 rings (SSSR count). The Labute approximate surface area is 97.1 Å². The first kappa shape index (κ1) is 12.5. The highest BCUT2D eigenvalue weighted by molar-refractivity contribution is 5.51. The van der Waals surface area contributed by atoms with Gasteiger partial charge in [0.05, 0.1) is 0 Å². The van der Waals surface area contributed by atoms with Gasteiger partial charge in [0, 0.05) is 26.7 Å². The minimum Gasteiger partial charge on any atom is -0.373 e. The van der Waals surface area contributed by atoms with Crippen LogP contribution in [-0.4, -0.2) is 30.6 Å². The summed E-state index contributed by atoms with van der Waals surface area (Å²) < 4.78 is 0. The van der Waals surface area contributed by atoms with E-state index in [-0.39, 0.29) is 0 Å². The first-order valence-corrected chi connectivity index (χ1v) is 5.70. The lowest BCUT2D eigenvalue weighted by molar-refractivity contribution is 0.701. The number of rotatable bonds is 6. The molecule has 0 aromatic carbocycles. The van der Waals surface area contributed by atoms with E-state index in [1.807, 2.05) is 20.2 Å². The molecule has 1 heterocycles. The summed E-state index contributed by atoms with van der Waals surface area (Å²) in [6, 6.07) is 1.91. The molecule has 0 fully saturated rings. The summed E-state index contributed by atoms with van der Waals surface area (Å²) in [5, 5.41) is 2.97. The molecule has 1 aromatic heterocycles. The normalized spacial score (nSPS) is 10.2. The molecule has 0 spiro atoms. The van der Waals surface area contributed by atoms with Crippen molar-refractivity contribution in [3.63, 3.8) is 0 Å². The van der Waals surface area contributed by atoms with Crippen LogP contribution >= 0.6 is 0 Å². The Bertz CT molecular complexity index is 326. The van der Waals surface area contributed by atoms with Crippen molar-refractivity contribution in [3.05, 3.63) is 6.07 Å². The molecule has 5 nitrogen and oxygen atoms in total. The van der Waals surface area contributed by atoms with Gasteiger partial charge >= 0.3 is 0 Å². The Morgan fingerprint density at radius 1 is 1.38 bits per heavy atom. The highest BCUT2D eigenvalue weighted by atomic mass is 15.2. The van der Waals surface area contributed by atoms with Gasteiger partial charge in [0.2, 0.25) is 5.95 Å². The molecule has 0 saturated heterocycles. The largest absolute Gasteiger partial charge is 0.373 e. The highest BCUT2D eigenvalue weighted by Crippen LogP contribution is 2.15. The van der Waals surface area contributed by atoms with Gasteiger partial charge in [0.15, 0.2) is 0 Å². The van der Waals surface area contributed by atoms with Crippen LogP contribution in [0.2, 0.25) is 0 Å². The molecule has 0 amide bonds. The van der Waals surface area contributed by atoms with Gasteiger partial charge in [-0.15, -0.1) is 0 Å². The van der Waals surface area contributed by atoms with Crippen LogP contribution in [0.5, 0.6) is 0 Å². The molecule has 0 unspecified atom stereocenters. The first-order valence-electron chi connectivity index (χ1n) is 5.70. The van der Waals surface area contributed by atoms with Crippen LogP contribution in [0.4, 0.5) is 17.6 Å². The summed E-state index contributed by atoms with van der Waals surface area (Å²) in [6.45, 7) is 3.19. The fourth-order valence-electron chi connectivity index (χ4n) is 1.49. The lowest BCUT2D eigenvalue weighted by atomic mass is 10.2. The van der Waals surface area contributed by atoms with Crippen LogP contribution in [0.3, 0.4) is 0 Å². The maximum absolute atomic E-state index is 5.64. The number of nitrogens with zero attached hydrogens (tertiary/aromatic N) is 3. The summed E-state index contributed by atoms with van der Waals surface area (Å²) in [7, 11) is 3.85. The maximum Gasteiger partial charge on any atom is 0.223 e. The fraction of sp³-hybridized carbons (Fsp3) is 0.636. The lowest BCUT2D eigenvalue weighted by Gasteiger charge is -2.18. The van der Waals surface area contributed by atoms with Crippen molar-refractivity contribution in [1.82, 2.24) is 9.97 Å². The molecule has 1 aromatic rings. The van der Waals surface area contributed by atoms with Crippen molar-refractivity contribution in [2.45, 2.75) is 26.2 Å². The maximum atomic E-state index is 5.64. The molecule has 0 aliphatic carbocycles. The summed E-state index contributed by atoms with van der Waals surface area (Å²) >= 11 is 0. The number of nitrogens with one attached hydrogen (secondary N) is 1. The number of nitrogens with two attached hydrogens (primary N) is 1. The summed E-state index contributed by atoms with van der Waals surface area (Å²) in [6.07, 6.45) is 3.64. The fourth-order valence-corrected chi connectivity index (χ4v) is 1.49. The van der Waals surface area contributed by atoms with E-state index >= 15 is 0 Å². The van der Waals surface area contributed by atoms with Crippen molar-refractivity contribution in [2.75, 3.05) is 36.6 Å². The van der Waals surface area contributed by atoms with E-state index in [9.17, 15) is 0 Å².